The van der Waals surface area contributed by atoms with E-state index in [2.05, 4.69) is 11.8 Å². The van der Waals surface area contributed by atoms with Crippen molar-refractivity contribution in [3.8, 4) is 0 Å². The molecular formula is C18H27N3O2. The molecule has 1 aromatic rings. The molecule has 5 heteroatoms. The minimum atomic E-state index is 0.112. The number of amides is 1. The Kier molecular flexibility index (Phi) is 5.18. The number of benzene rings is 1. The highest BCUT2D eigenvalue weighted by Crippen LogP contribution is 2.29. The number of anilines is 1. The lowest BCUT2D eigenvalue weighted by atomic mass is 9.90. The van der Waals surface area contributed by atoms with Crippen molar-refractivity contribution in [2.45, 2.75) is 25.7 Å². The first-order valence-electron chi connectivity index (χ1n) is 8.67. The number of piperazine rings is 1. The Hall–Kier alpha value is -1.59. The van der Waals surface area contributed by atoms with Gasteiger partial charge in [0.1, 0.15) is 0 Å². The average molecular weight is 317 g/mol. The van der Waals surface area contributed by atoms with Crippen molar-refractivity contribution in [3.05, 3.63) is 29.3 Å². The fraction of sp³-hybridized carbons (Fsp3) is 0.611. The number of nitrogen functional groups attached to an aromatic ring is 1. The molecule has 0 atom stereocenters. The zero-order valence-electron chi connectivity index (χ0n) is 14.0. The minimum Gasteiger partial charge on any atom is -0.399 e. The van der Waals surface area contributed by atoms with Crippen molar-refractivity contribution < 1.29 is 9.53 Å². The van der Waals surface area contributed by atoms with Gasteiger partial charge >= 0.3 is 0 Å². The quantitative estimate of drug-likeness (QED) is 0.866. The zero-order chi connectivity index (χ0) is 16.2. The van der Waals surface area contributed by atoms with E-state index >= 15 is 0 Å². The van der Waals surface area contributed by atoms with Crippen LogP contribution < -0.4 is 5.73 Å². The summed E-state index contributed by atoms with van der Waals surface area (Å²) in [7, 11) is 0. The number of hydrogen-bond donors (Lipinski definition) is 1. The highest BCUT2D eigenvalue weighted by molar-refractivity contribution is 5.95. The maximum atomic E-state index is 12.8. The van der Waals surface area contributed by atoms with Gasteiger partial charge in [-0.2, -0.15) is 0 Å². The van der Waals surface area contributed by atoms with E-state index in [1.807, 2.05) is 23.1 Å². The van der Waals surface area contributed by atoms with Gasteiger partial charge in [-0.3, -0.25) is 4.79 Å². The maximum Gasteiger partial charge on any atom is 0.254 e. The summed E-state index contributed by atoms with van der Waals surface area (Å²) in [5, 5.41) is 0. The van der Waals surface area contributed by atoms with Gasteiger partial charge in [-0.15, -0.1) is 0 Å². The largest absolute Gasteiger partial charge is 0.399 e. The molecule has 0 radical (unpaired) electrons. The summed E-state index contributed by atoms with van der Waals surface area (Å²) < 4.78 is 5.43. The average Bonchev–Trinajstić information content (AvgIpc) is 2.61. The van der Waals surface area contributed by atoms with Crippen molar-refractivity contribution in [2.75, 3.05) is 51.7 Å². The van der Waals surface area contributed by atoms with Gasteiger partial charge in [-0.1, -0.05) is 6.92 Å². The molecule has 2 fully saturated rings. The first kappa shape index (κ1) is 16.3. The molecule has 0 spiro atoms. The van der Waals surface area contributed by atoms with Crippen molar-refractivity contribution in [1.29, 1.82) is 0 Å². The van der Waals surface area contributed by atoms with Crippen LogP contribution in [0.2, 0.25) is 0 Å². The van der Waals surface area contributed by atoms with E-state index in [-0.39, 0.29) is 5.91 Å². The van der Waals surface area contributed by atoms with Gasteiger partial charge in [0.05, 0.1) is 0 Å². The minimum absolute atomic E-state index is 0.112. The van der Waals surface area contributed by atoms with Gasteiger partial charge in [-0.05, 0) is 49.1 Å². The van der Waals surface area contributed by atoms with Crippen LogP contribution in [0, 0.1) is 0 Å². The molecule has 0 unspecified atom stereocenters. The summed E-state index contributed by atoms with van der Waals surface area (Å²) in [5.74, 6) is 0.567. The summed E-state index contributed by atoms with van der Waals surface area (Å²) in [6.07, 6.45) is 2.01. The van der Waals surface area contributed by atoms with Crippen molar-refractivity contribution >= 4 is 11.6 Å². The van der Waals surface area contributed by atoms with Crippen molar-refractivity contribution in [1.82, 2.24) is 9.80 Å². The molecule has 2 heterocycles. The van der Waals surface area contributed by atoms with Crippen LogP contribution in [-0.4, -0.2) is 61.6 Å². The molecule has 0 saturated carbocycles. The van der Waals surface area contributed by atoms with Crippen LogP contribution in [0.25, 0.3) is 0 Å². The molecular weight excluding hydrogens is 290 g/mol. The first-order chi connectivity index (χ1) is 11.2. The topological polar surface area (TPSA) is 58.8 Å². The third-order valence-electron chi connectivity index (χ3n) is 5.02. The lowest BCUT2D eigenvalue weighted by molar-refractivity contribution is 0.0643. The number of ether oxygens (including phenoxy) is 1. The van der Waals surface area contributed by atoms with E-state index in [4.69, 9.17) is 10.5 Å². The molecule has 0 bridgehead atoms. The van der Waals surface area contributed by atoms with Crippen LogP contribution in [-0.2, 0) is 4.74 Å². The number of nitrogens with zero attached hydrogens (tertiary/aromatic N) is 2. The molecule has 1 amide bonds. The van der Waals surface area contributed by atoms with Crippen LogP contribution >= 0.6 is 0 Å². The molecule has 0 aliphatic carbocycles. The Balaban J connectivity index is 1.74. The Morgan fingerprint density at radius 2 is 1.87 bits per heavy atom. The highest BCUT2D eigenvalue weighted by atomic mass is 16.5. The van der Waals surface area contributed by atoms with E-state index in [1.165, 1.54) is 5.56 Å². The second-order valence-corrected chi connectivity index (χ2v) is 6.50. The highest BCUT2D eigenvalue weighted by Gasteiger charge is 2.23. The SMILES string of the molecule is CCN1CCN(C(=O)c2cc(N)cc(C3CCOCC3)c2)CC1. The van der Waals surface area contributed by atoms with E-state index in [1.54, 1.807) is 0 Å². The maximum absolute atomic E-state index is 12.8. The summed E-state index contributed by atoms with van der Waals surface area (Å²) >= 11 is 0. The molecule has 3 rings (SSSR count). The van der Waals surface area contributed by atoms with Crippen molar-refractivity contribution in [3.63, 3.8) is 0 Å². The van der Waals surface area contributed by atoms with Crippen LogP contribution in [0.4, 0.5) is 5.69 Å². The number of rotatable bonds is 3. The molecule has 2 N–H and O–H groups in total. The Labute approximate surface area is 138 Å². The van der Waals surface area contributed by atoms with Gasteiger partial charge in [0.2, 0.25) is 0 Å². The molecule has 2 aliphatic rings. The predicted molar refractivity (Wildman–Crippen MR) is 91.7 cm³/mol. The van der Waals surface area contributed by atoms with E-state index in [0.29, 0.717) is 11.6 Å². The monoisotopic (exact) mass is 317 g/mol. The third kappa shape index (κ3) is 3.85. The van der Waals surface area contributed by atoms with Gasteiger partial charge in [0, 0.05) is 50.6 Å². The lowest BCUT2D eigenvalue weighted by Crippen LogP contribution is -2.48. The van der Waals surface area contributed by atoms with Gasteiger partial charge in [0.15, 0.2) is 0 Å². The summed E-state index contributed by atoms with van der Waals surface area (Å²) in [5.41, 5.74) is 8.67. The zero-order valence-corrected chi connectivity index (χ0v) is 14.0. The molecule has 1 aromatic carbocycles. The number of nitrogens with two attached hydrogens (primary N) is 1. The summed E-state index contributed by atoms with van der Waals surface area (Å²) in [4.78, 5) is 17.1. The number of likely N-dealkylation sites (N-methyl/N-ethyl adjacent to an activating group) is 1. The summed E-state index contributed by atoms with van der Waals surface area (Å²) in [6.45, 7) is 8.31. The molecule has 23 heavy (non-hydrogen) atoms. The summed E-state index contributed by atoms with van der Waals surface area (Å²) in [6, 6.07) is 5.88. The molecule has 0 aromatic heterocycles. The fourth-order valence-electron chi connectivity index (χ4n) is 3.52. The normalized spacial score (nSPS) is 20.7. The second kappa shape index (κ2) is 7.32. The molecule has 126 valence electrons. The Bertz CT molecular complexity index is 547. The fourth-order valence-corrected chi connectivity index (χ4v) is 3.52. The number of carbonyl (C=O) groups is 1. The van der Waals surface area contributed by atoms with E-state index in [0.717, 1.165) is 64.3 Å². The van der Waals surface area contributed by atoms with Gasteiger partial charge in [-0.25, -0.2) is 0 Å². The van der Waals surface area contributed by atoms with Crippen LogP contribution in [0.15, 0.2) is 18.2 Å². The molecule has 5 nitrogen and oxygen atoms in total. The number of hydrogen-bond acceptors (Lipinski definition) is 4. The standard InChI is InChI=1S/C18H27N3O2/c1-2-20-5-7-21(8-6-20)18(22)16-11-15(12-17(19)13-16)14-3-9-23-10-4-14/h11-14H,2-10,19H2,1H3. The lowest BCUT2D eigenvalue weighted by Gasteiger charge is -2.34. The van der Waals surface area contributed by atoms with Crippen molar-refractivity contribution in [2.24, 2.45) is 0 Å². The van der Waals surface area contributed by atoms with Crippen LogP contribution in [0.5, 0.6) is 0 Å². The molecule has 2 aliphatic heterocycles. The van der Waals surface area contributed by atoms with E-state index < -0.39 is 0 Å². The predicted octanol–water partition coefficient (Wildman–Crippen LogP) is 1.94. The van der Waals surface area contributed by atoms with Gasteiger partial charge in [0.25, 0.3) is 5.91 Å². The number of carbonyl (C=O) groups excluding carboxylic acids is 1. The third-order valence-corrected chi connectivity index (χ3v) is 5.02. The van der Waals surface area contributed by atoms with Gasteiger partial charge < -0.3 is 20.3 Å². The first-order valence-corrected chi connectivity index (χ1v) is 8.67. The van der Waals surface area contributed by atoms with Crippen LogP contribution in [0.3, 0.4) is 0 Å². The smallest absolute Gasteiger partial charge is 0.254 e. The Morgan fingerprint density at radius 1 is 1.17 bits per heavy atom. The molecule has 2 saturated heterocycles. The van der Waals surface area contributed by atoms with Crippen LogP contribution in [0.1, 0.15) is 41.6 Å². The Morgan fingerprint density at radius 3 is 2.52 bits per heavy atom. The second-order valence-electron chi connectivity index (χ2n) is 6.50. The van der Waals surface area contributed by atoms with E-state index in [9.17, 15) is 4.79 Å².